The van der Waals surface area contributed by atoms with Gasteiger partial charge in [-0.25, -0.2) is 0 Å². The summed E-state index contributed by atoms with van der Waals surface area (Å²) in [6, 6.07) is 6.11. The van der Waals surface area contributed by atoms with Crippen molar-refractivity contribution in [3.63, 3.8) is 0 Å². The van der Waals surface area contributed by atoms with Crippen molar-refractivity contribution in [1.82, 2.24) is 4.98 Å². The van der Waals surface area contributed by atoms with E-state index in [1.165, 1.54) is 4.59 Å². The molecule has 8 heavy (non-hydrogen) atoms. The molecule has 0 N–H and O–H groups in total. The number of rotatable bonds is 1. The van der Waals surface area contributed by atoms with Gasteiger partial charge in [-0.15, -0.1) is 0 Å². The zero-order valence-corrected chi connectivity index (χ0v) is 9.50. The molecule has 0 saturated carbocycles. The molecule has 0 aliphatic heterocycles. The van der Waals surface area contributed by atoms with E-state index < -0.39 is 0 Å². The van der Waals surface area contributed by atoms with Gasteiger partial charge in [-0.3, -0.25) is 0 Å². The summed E-state index contributed by atoms with van der Waals surface area (Å²) in [4.78, 5) is 4.17. The van der Waals surface area contributed by atoms with Crippen LogP contribution in [0.15, 0.2) is 24.4 Å². The third-order valence-corrected chi connectivity index (χ3v) is 5.63. The molecule has 36 valence electrons. The minimum absolute atomic E-state index is 0.744. The molecule has 1 nitrogen and oxygen atoms in total. The van der Waals surface area contributed by atoms with Crippen molar-refractivity contribution in [3.05, 3.63) is 24.4 Å². The minimum atomic E-state index is 0.744. The fourth-order valence-corrected chi connectivity index (χ4v) is 3.23. The van der Waals surface area contributed by atoms with Gasteiger partial charge in [0.15, 0.2) is 0 Å². The van der Waals surface area contributed by atoms with E-state index in [1.807, 2.05) is 12.3 Å². The summed E-state index contributed by atoms with van der Waals surface area (Å²) in [6.45, 7) is 0. The van der Waals surface area contributed by atoms with Gasteiger partial charge in [-0.05, 0) is 0 Å². The van der Waals surface area contributed by atoms with Crippen molar-refractivity contribution in [2.24, 2.45) is 0 Å². The summed E-state index contributed by atoms with van der Waals surface area (Å²) in [5.41, 5.74) is 0.744. The normalized spacial score (nSPS) is 9.25. The van der Waals surface area contributed by atoms with Crippen LogP contribution >= 0.6 is 0 Å². The number of hydrogen-bond donors (Lipinski definition) is 0. The van der Waals surface area contributed by atoms with Crippen LogP contribution in [0.4, 0.5) is 0 Å². The van der Waals surface area contributed by atoms with Crippen LogP contribution in [0.25, 0.3) is 0 Å². The molecule has 1 rings (SSSR count). The Labute approximate surface area is 83.1 Å². The third-order valence-electron chi connectivity index (χ3n) is 0.847. The predicted molar refractivity (Wildman–Crippen MR) is 35.4 cm³/mol. The number of aromatic nitrogens is 1. The summed E-state index contributed by atoms with van der Waals surface area (Å²) < 4.78 is 1.31. The van der Waals surface area contributed by atoms with Crippen LogP contribution in [0.2, 0.25) is 0 Å². The zero-order chi connectivity index (χ0) is 5.82. The maximum absolute atomic E-state index is 4.17. The van der Waals surface area contributed by atoms with Crippen molar-refractivity contribution in [1.29, 1.82) is 0 Å². The van der Waals surface area contributed by atoms with E-state index in [-0.39, 0.29) is 0 Å². The van der Waals surface area contributed by atoms with E-state index >= 15 is 0 Å². The molecule has 0 radical (unpaired) electrons. The van der Waals surface area contributed by atoms with Crippen molar-refractivity contribution in [2.45, 2.75) is 0 Å². The van der Waals surface area contributed by atoms with Crippen molar-refractivity contribution in [3.8, 4) is 0 Å². The SMILES string of the molecule is [K][Se]c1ccccn1. The van der Waals surface area contributed by atoms with Gasteiger partial charge in [0.2, 0.25) is 0 Å². The fourth-order valence-electron chi connectivity index (χ4n) is 0.468. The molecule has 0 spiro atoms. The zero-order valence-electron chi connectivity index (χ0n) is 4.66. The first-order valence-corrected chi connectivity index (χ1v) is 11.6. The van der Waals surface area contributed by atoms with Gasteiger partial charge in [-0.1, -0.05) is 0 Å². The van der Waals surface area contributed by atoms with Crippen LogP contribution in [0, 0.1) is 0 Å². The van der Waals surface area contributed by atoms with Crippen LogP contribution in [0.1, 0.15) is 0 Å². The van der Waals surface area contributed by atoms with Gasteiger partial charge in [0.1, 0.15) is 0 Å². The Morgan fingerprint density at radius 1 is 1.50 bits per heavy atom. The molecule has 0 saturated heterocycles. The molecule has 0 aromatic carbocycles. The molecule has 0 aliphatic carbocycles. The Balaban J connectivity index is 2.83. The molecule has 0 amide bonds. The quantitative estimate of drug-likeness (QED) is 0.551. The average molecular weight is 196 g/mol. The Bertz CT molecular complexity index is 154. The summed E-state index contributed by atoms with van der Waals surface area (Å²) in [5.74, 6) is 0. The van der Waals surface area contributed by atoms with Crippen molar-refractivity contribution < 1.29 is 0 Å². The Morgan fingerprint density at radius 2 is 2.38 bits per heavy atom. The predicted octanol–water partition coefficient (Wildman–Crippen LogP) is -0.505. The molecule has 3 heteroatoms. The maximum atomic E-state index is 4.17. The van der Waals surface area contributed by atoms with Gasteiger partial charge < -0.3 is 0 Å². The molecule has 1 heterocycles. The monoisotopic (exact) mass is 197 g/mol. The second-order valence-corrected chi connectivity index (χ2v) is 6.42. The van der Waals surface area contributed by atoms with Crippen molar-refractivity contribution >= 4 is 55.6 Å². The summed E-state index contributed by atoms with van der Waals surface area (Å²) in [6.07, 6.45) is 1.86. The van der Waals surface area contributed by atoms with Crippen molar-refractivity contribution in [2.75, 3.05) is 0 Å². The second-order valence-electron chi connectivity index (χ2n) is 1.37. The van der Waals surface area contributed by atoms with Gasteiger partial charge in [-0.2, -0.15) is 0 Å². The van der Waals surface area contributed by atoms with Gasteiger partial charge in [0, 0.05) is 0 Å². The summed E-state index contributed by atoms with van der Waals surface area (Å²) in [7, 11) is 0. The van der Waals surface area contributed by atoms with E-state index in [9.17, 15) is 0 Å². The molecule has 1 aromatic rings. The number of nitrogens with zero attached hydrogens (tertiary/aromatic N) is 1. The molecule has 0 atom stereocenters. The average Bonchev–Trinajstić information content (AvgIpc) is 1.90. The molecule has 0 aliphatic rings. The van der Waals surface area contributed by atoms with Gasteiger partial charge in [0.25, 0.3) is 0 Å². The fraction of sp³-hybridized carbons (Fsp3) is 0. The van der Waals surface area contributed by atoms with Gasteiger partial charge in [0.05, 0.1) is 0 Å². The summed E-state index contributed by atoms with van der Waals surface area (Å²) in [5, 5.41) is 0. The van der Waals surface area contributed by atoms with Crippen LogP contribution < -0.4 is 4.59 Å². The van der Waals surface area contributed by atoms with E-state index in [2.05, 4.69) is 17.1 Å². The van der Waals surface area contributed by atoms with Crippen LogP contribution in [0.5, 0.6) is 0 Å². The van der Waals surface area contributed by atoms with E-state index in [0.717, 1.165) is 51.0 Å². The topological polar surface area (TPSA) is 12.9 Å². The van der Waals surface area contributed by atoms with E-state index in [1.54, 1.807) is 0 Å². The van der Waals surface area contributed by atoms with Crippen LogP contribution in [0.3, 0.4) is 0 Å². The molecule has 0 bridgehead atoms. The van der Waals surface area contributed by atoms with Gasteiger partial charge >= 0.3 is 85.0 Å². The first kappa shape index (κ1) is 7.41. The first-order chi connectivity index (χ1) is 3.93. The molecule has 0 unspecified atom stereocenters. The second kappa shape index (κ2) is 4.17. The molecule has 0 fully saturated rings. The first-order valence-electron chi connectivity index (χ1n) is 2.38. The van der Waals surface area contributed by atoms with Crippen LogP contribution in [-0.4, -0.2) is 56.0 Å². The molecule has 1 aromatic heterocycles. The Kier molecular flexibility index (Phi) is 3.87. The van der Waals surface area contributed by atoms with E-state index in [0.29, 0.717) is 0 Å². The van der Waals surface area contributed by atoms with Crippen LogP contribution in [-0.2, 0) is 0 Å². The molecular weight excluding hydrogens is 192 g/mol. The third kappa shape index (κ3) is 2.27. The Morgan fingerprint density at radius 3 is 2.75 bits per heavy atom. The standard InChI is InChI=1S/C5H5NSe.K/c7-5-3-1-2-4-6-5;/h1-4H,(H,6,7);/q;+1/p-1. The number of hydrogen-bond acceptors (Lipinski definition) is 1. The number of pyridine rings is 1. The van der Waals surface area contributed by atoms with E-state index in [4.69, 9.17) is 0 Å². The Hall–Kier alpha value is 1.31. The molecular formula is C5H4KNSe. The summed E-state index contributed by atoms with van der Waals surface area (Å²) >= 11 is 0.967.